The number of alkyl halides is 1. The maximum absolute atomic E-state index is 6.07. The largest absolute Gasteiger partial charge is 0.468 e. The van der Waals surface area contributed by atoms with Crippen molar-refractivity contribution < 1.29 is 4.42 Å². The van der Waals surface area contributed by atoms with Gasteiger partial charge in [-0.05, 0) is 39.2 Å². The zero-order valence-electron chi connectivity index (χ0n) is 7.46. The van der Waals surface area contributed by atoms with E-state index in [1.165, 1.54) is 0 Å². The van der Waals surface area contributed by atoms with Crippen LogP contribution in [0.15, 0.2) is 22.8 Å². The fraction of sp³-hybridized carbons (Fsp3) is 0.556. The fourth-order valence-corrected chi connectivity index (χ4v) is 1.21. The van der Waals surface area contributed by atoms with Crippen LogP contribution in [-0.4, -0.2) is 25.5 Å². The third-order valence-corrected chi connectivity index (χ3v) is 2.11. The molecule has 1 aromatic heterocycles. The normalized spacial score (nSPS) is 13.7. The SMILES string of the molecule is CN(C)CCC(Cl)c1ccco1. The highest BCUT2D eigenvalue weighted by atomic mass is 35.5. The lowest BCUT2D eigenvalue weighted by Gasteiger charge is -2.11. The van der Waals surface area contributed by atoms with Gasteiger partial charge >= 0.3 is 0 Å². The van der Waals surface area contributed by atoms with Gasteiger partial charge in [0.05, 0.1) is 11.6 Å². The van der Waals surface area contributed by atoms with E-state index in [2.05, 4.69) is 4.90 Å². The lowest BCUT2D eigenvalue weighted by atomic mass is 10.2. The average molecular weight is 188 g/mol. The van der Waals surface area contributed by atoms with E-state index in [1.807, 2.05) is 26.2 Å². The van der Waals surface area contributed by atoms with E-state index < -0.39 is 0 Å². The third kappa shape index (κ3) is 2.88. The number of hydrogen-bond acceptors (Lipinski definition) is 2. The van der Waals surface area contributed by atoms with E-state index in [-0.39, 0.29) is 5.38 Å². The second kappa shape index (κ2) is 4.53. The first kappa shape index (κ1) is 9.62. The molecule has 0 fully saturated rings. The summed E-state index contributed by atoms with van der Waals surface area (Å²) < 4.78 is 5.18. The molecule has 0 aromatic carbocycles. The minimum Gasteiger partial charge on any atom is -0.468 e. The van der Waals surface area contributed by atoms with Crippen molar-refractivity contribution in [1.82, 2.24) is 4.90 Å². The van der Waals surface area contributed by atoms with Crippen LogP contribution in [0.25, 0.3) is 0 Å². The Morgan fingerprint density at radius 3 is 2.83 bits per heavy atom. The molecule has 0 spiro atoms. The van der Waals surface area contributed by atoms with Gasteiger partial charge < -0.3 is 9.32 Å². The molecule has 68 valence electrons. The van der Waals surface area contributed by atoms with Crippen LogP contribution >= 0.6 is 11.6 Å². The van der Waals surface area contributed by atoms with Crippen LogP contribution in [0.1, 0.15) is 17.6 Å². The second-order valence-electron chi connectivity index (χ2n) is 3.07. The van der Waals surface area contributed by atoms with Gasteiger partial charge in [0, 0.05) is 0 Å². The second-order valence-corrected chi connectivity index (χ2v) is 3.60. The number of rotatable bonds is 4. The molecule has 0 N–H and O–H groups in total. The van der Waals surface area contributed by atoms with Crippen molar-refractivity contribution in [3.05, 3.63) is 24.2 Å². The van der Waals surface area contributed by atoms with Crippen molar-refractivity contribution in [1.29, 1.82) is 0 Å². The van der Waals surface area contributed by atoms with Gasteiger partial charge in [-0.15, -0.1) is 11.6 Å². The van der Waals surface area contributed by atoms with Gasteiger partial charge in [0.15, 0.2) is 0 Å². The predicted octanol–water partition coefficient (Wildman–Crippen LogP) is 2.51. The van der Waals surface area contributed by atoms with Crippen molar-refractivity contribution >= 4 is 11.6 Å². The molecule has 0 radical (unpaired) electrons. The van der Waals surface area contributed by atoms with E-state index in [4.69, 9.17) is 16.0 Å². The molecule has 0 aliphatic rings. The molecule has 1 heterocycles. The van der Waals surface area contributed by atoms with Gasteiger partial charge in [-0.25, -0.2) is 0 Å². The van der Waals surface area contributed by atoms with Gasteiger partial charge in [0.2, 0.25) is 0 Å². The molecule has 0 amide bonds. The van der Waals surface area contributed by atoms with E-state index >= 15 is 0 Å². The molecule has 0 aliphatic heterocycles. The fourth-order valence-electron chi connectivity index (χ4n) is 0.983. The molecule has 1 unspecified atom stereocenters. The van der Waals surface area contributed by atoms with Gasteiger partial charge in [-0.2, -0.15) is 0 Å². The maximum Gasteiger partial charge on any atom is 0.121 e. The Bertz CT molecular complexity index is 208. The molecular weight excluding hydrogens is 174 g/mol. The average Bonchev–Trinajstić information content (AvgIpc) is 2.51. The van der Waals surface area contributed by atoms with E-state index in [1.54, 1.807) is 6.26 Å². The first-order valence-corrected chi connectivity index (χ1v) is 4.46. The molecule has 0 aliphatic carbocycles. The quantitative estimate of drug-likeness (QED) is 0.674. The predicted molar refractivity (Wildman–Crippen MR) is 50.5 cm³/mol. The zero-order valence-corrected chi connectivity index (χ0v) is 8.21. The van der Waals surface area contributed by atoms with Gasteiger partial charge in [0.1, 0.15) is 5.76 Å². The van der Waals surface area contributed by atoms with Crippen LogP contribution in [0.5, 0.6) is 0 Å². The molecule has 2 nitrogen and oxygen atoms in total. The van der Waals surface area contributed by atoms with Crippen LogP contribution in [0, 0.1) is 0 Å². The number of halogens is 1. The summed E-state index contributed by atoms with van der Waals surface area (Å²) >= 11 is 6.07. The number of hydrogen-bond donors (Lipinski definition) is 0. The van der Waals surface area contributed by atoms with E-state index in [0.717, 1.165) is 18.7 Å². The molecule has 0 bridgehead atoms. The molecule has 12 heavy (non-hydrogen) atoms. The Hall–Kier alpha value is -0.470. The minimum atomic E-state index is 0.00222. The Balaban J connectivity index is 2.34. The Kier molecular flexibility index (Phi) is 3.63. The molecular formula is C9H14ClNO. The number of furan rings is 1. The van der Waals surface area contributed by atoms with Crippen molar-refractivity contribution in [2.24, 2.45) is 0 Å². The molecule has 0 saturated heterocycles. The van der Waals surface area contributed by atoms with Crippen LogP contribution in [-0.2, 0) is 0 Å². The van der Waals surface area contributed by atoms with Gasteiger partial charge in [-0.1, -0.05) is 0 Å². The topological polar surface area (TPSA) is 16.4 Å². The maximum atomic E-state index is 6.07. The zero-order chi connectivity index (χ0) is 8.97. The Morgan fingerprint density at radius 1 is 1.58 bits per heavy atom. The first-order valence-electron chi connectivity index (χ1n) is 4.02. The summed E-state index contributed by atoms with van der Waals surface area (Å²) in [5, 5.41) is 0.00222. The van der Waals surface area contributed by atoms with Crippen LogP contribution in [0.2, 0.25) is 0 Å². The summed E-state index contributed by atoms with van der Waals surface area (Å²) in [5.74, 6) is 0.860. The summed E-state index contributed by atoms with van der Waals surface area (Å²) in [5.41, 5.74) is 0. The Morgan fingerprint density at radius 2 is 2.33 bits per heavy atom. The standard InChI is InChI=1S/C9H14ClNO/c1-11(2)6-5-8(10)9-4-3-7-12-9/h3-4,7-8H,5-6H2,1-2H3. The highest BCUT2D eigenvalue weighted by Gasteiger charge is 2.09. The summed E-state index contributed by atoms with van der Waals surface area (Å²) in [7, 11) is 4.07. The van der Waals surface area contributed by atoms with Gasteiger partial charge in [-0.3, -0.25) is 0 Å². The lowest BCUT2D eigenvalue weighted by molar-refractivity contribution is 0.385. The highest BCUT2D eigenvalue weighted by Crippen LogP contribution is 2.23. The Labute approximate surface area is 78.1 Å². The van der Waals surface area contributed by atoms with Gasteiger partial charge in [0.25, 0.3) is 0 Å². The van der Waals surface area contributed by atoms with E-state index in [9.17, 15) is 0 Å². The molecule has 0 saturated carbocycles. The van der Waals surface area contributed by atoms with Crippen molar-refractivity contribution in [2.75, 3.05) is 20.6 Å². The van der Waals surface area contributed by atoms with Crippen LogP contribution in [0.3, 0.4) is 0 Å². The first-order chi connectivity index (χ1) is 5.70. The van der Waals surface area contributed by atoms with E-state index in [0.29, 0.717) is 0 Å². The third-order valence-electron chi connectivity index (χ3n) is 1.68. The summed E-state index contributed by atoms with van der Waals surface area (Å²) in [4.78, 5) is 2.11. The monoisotopic (exact) mass is 187 g/mol. The van der Waals surface area contributed by atoms with Crippen LogP contribution in [0.4, 0.5) is 0 Å². The molecule has 1 aromatic rings. The molecule has 1 atom stereocenters. The van der Waals surface area contributed by atoms with Crippen molar-refractivity contribution in [2.45, 2.75) is 11.8 Å². The minimum absolute atomic E-state index is 0.00222. The lowest BCUT2D eigenvalue weighted by Crippen LogP contribution is -2.14. The smallest absolute Gasteiger partial charge is 0.121 e. The summed E-state index contributed by atoms with van der Waals surface area (Å²) in [6.07, 6.45) is 2.57. The summed E-state index contributed by atoms with van der Waals surface area (Å²) in [6.45, 7) is 0.981. The van der Waals surface area contributed by atoms with Crippen LogP contribution < -0.4 is 0 Å². The summed E-state index contributed by atoms with van der Waals surface area (Å²) in [6, 6.07) is 3.77. The van der Waals surface area contributed by atoms with Crippen molar-refractivity contribution in [3.63, 3.8) is 0 Å². The molecule has 3 heteroatoms. The number of nitrogens with zero attached hydrogens (tertiary/aromatic N) is 1. The molecule has 1 rings (SSSR count). The highest BCUT2D eigenvalue weighted by molar-refractivity contribution is 6.20. The van der Waals surface area contributed by atoms with Crippen molar-refractivity contribution in [3.8, 4) is 0 Å².